The Bertz CT molecular complexity index is 590. The second kappa shape index (κ2) is 7.75. The van der Waals surface area contributed by atoms with Gasteiger partial charge in [0.25, 0.3) is 0 Å². The molecule has 2 amide bonds. The first-order chi connectivity index (χ1) is 11.2. The normalized spacial score (nSPS) is 16.1. The van der Waals surface area contributed by atoms with E-state index in [1.807, 2.05) is 25.7 Å². The molecule has 0 spiro atoms. The molecule has 1 aliphatic heterocycles. The summed E-state index contributed by atoms with van der Waals surface area (Å²) in [5.74, 6) is -0.420. The van der Waals surface area contributed by atoms with Gasteiger partial charge in [-0.1, -0.05) is 18.2 Å². The topological polar surface area (TPSA) is 52.7 Å². The van der Waals surface area contributed by atoms with Gasteiger partial charge in [0.2, 0.25) is 11.8 Å². The number of carbonyl (C=O) groups excluding carboxylic acids is 2. The van der Waals surface area contributed by atoms with Gasteiger partial charge >= 0.3 is 0 Å². The van der Waals surface area contributed by atoms with Crippen LogP contribution in [-0.4, -0.2) is 59.9 Å². The van der Waals surface area contributed by atoms with Crippen LogP contribution in [0.1, 0.15) is 26.3 Å². The maximum atomic E-state index is 13.6. The van der Waals surface area contributed by atoms with Gasteiger partial charge < -0.3 is 10.2 Å². The zero-order valence-electron chi connectivity index (χ0n) is 14.6. The minimum atomic E-state index is -0.344. The molecule has 6 heteroatoms. The van der Waals surface area contributed by atoms with Crippen molar-refractivity contribution in [3.05, 3.63) is 35.6 Å². The van der Waals surface area contributed by atoms with Crippen LogP contribution in [0.4, 0.5) is 4.39 Å². The third-order valence-electron chi connectivity index (χ3n) is 3.91. The van der Waals surface area contributed by atoms with Crippen molar-refractivity contribution >= 4 is 11.8 Å². The van der Waals surface area contributed by atoms with E-state index in [0.717, 1.165) is 0 Å². The lowest BCUT2D eigenvalue weighted by Crippen LogP contribution is -2.53. The summed E-state index contributed by atoms with van der Waals surface area (Å²) in [6, 6.07) is 6.36. The molecule has 1 heterocycles. The van der Waals surface area contributed by atoms with Gasteiger partial charge in [0.05, 0.1) is 13.0 Å². The number of nitrogens with zero attached hydrogens (tertiary/aromatic N) is 2. The molecule has 132 valence electrons. The summed E-state index contributed by atoms with van der Waals surface area (Å²) in [6.45, 7) is 8.62. The molecule has 0 radical (unpaired) electrons. The van der Waals surface area contributed by atoms with E-state index < -0.39 is 0 Å². The molecular weight excluding hydrogens is 309 g/mol. The summed E-state index contributed by atoms with van der Waals surface area (Å²) in [6.07, 6.45) is 0.0805. The van der Waals surface area contributed by atoms with Crippen LogP contribution in [-0.2, 0) is 16.0 Å². The van der Waals surface area contributed by atoms with Gasteiger partial charge in [-0.3, -0.25) is 14.5 Å². The number of hydrogen-bond donors (Lipinski definition) is 1. The fourth-order valence-corrected chi connectivity index (χ4v) is 2.73. The predicted molar refractivity (Wildman–Crippen MR) is 91.0 cm³/mol. The number of halogens is 1. The minimum absolute atomic E-state index is 0.00590. The van der Waals surface area contributed by atoms with E-state index in [-0.39, 0.29) is 29.6 Å². The minimum Gasteiger partial charge on any atom is -0.350 e. The average Bonchev–Trinajstić information content (AvgIpc) is 2.48. The zero-order chi connectivity index (χ0) is 17.7. The van der Waals surface area contributed by atoms with Gasteiger partial charge in [-0.15, -0.1) is 0 Å². The molecular formula is C18H26FN3O2. The quantitative estimate of drug-likeness (QED) is 0.906. The van der Waals surface area contributed by atoms with E-state index in [4.69, 9.17) is 0 Å². The van der Waals surface area contributed by atoms with Gasteiger partial charge in [-0.2, -0.15) is 0 Å². The van der Waals surface area contributed by atoms with E-state index in [1.165, 1.54) is 6.07 Å². The Kier molecular flexibility index (Phi) is 5.94. The third kappa shape index (κ3) is 5.60. The van der Waals surface area contributed by atoms with Crippen molar-refractivity contribution in [2.75, 3.05) is 32.7 Å². The van der Waals surface area contributed by atoms with E-state index in [0.29, 0.717) is 38.3 Å². The Morgan fingerprint density at radius 3 is 2.33 bits per heavy atom. The molecule has 0 atom stereocenters. The Morgan fingerprint density at radius 1 is 1.12 bits per heavy atom. The van der Waals surface area contributed by atoms with Crippen LogP contribution in [0.3, 0.4) is 0 Å². The van der Waals surface area contributed by atoms with Crippen LogP contribution in [0.15, 0.2) is 24.3 Å². The molecule has 5 nitrogen and oxygen atoms in total. The standard InChI is InChI=1S/C18H26FN3O2/c1-18(2,3)20-16(23)13-21-8-10-22(11-9-21)17(24)12-14-6-4-5-7-15(14)19/h4-7H,8-13H2,1-3H3,(H,20,23). The number of rotatable bonds is 4. The first-order valence-corrected chi connectivity index (χ1v) is 8.29. The fourth-order valence-electron chi connectivity index (χ4n) is 2.73. The number of piperazine rings is 1. The zero-order valence-corrected chi connectivity index (χ0v) is 14.6. The van der Waals surface area contributed by atoms with Crippen molar-refractivity contribution in [3.8, 4) is 0 Å². The lowest BCUT2D eigenvalue weighted by atomic mass is 10.1. The molecule has 0 aromatic heterocycles. The van der Waals surface area contributed by atoms with Crippen LogP contribution in [0.25, 0.3) is 0 Å². The smallest absolute Gasteiger partial charge is 0.234 e. The summed E-state index contributed by atoms with van der Waals surface area (Å²) < 4.78 is 13.6. The lowest BCUT2D eigenvalue weighted by Gasteiger charge is -2.35. The molecule has 2 rings (SSSR count). The maximum Gasteiger partial charge on any atom is 0.234 e. The van der Waals surface area contributed by atoms with Crippen molar-refractivity contribution in [3.63, 3.8) is 0 Å². The highest BCUT2D eigenvalue weighted by Crippen LogP contribution is 2.10. The first-order valence-electron chi connectivity index (χ1n) is 8.29. The highest BCUT2D eigenvalue weighted by molar-refractivity contribution is 5.79. The molecule has 0 unspecified atom stereocenters. The summed E-state index contributed by atoms with van der Waals surface area (Å²) in [5.41, 5.74) is 0.184. The maximum absolute atomic E-state index is 13.6. The SMILES string of the molecule is CC(C)(C)NC(=O)CN1CCN(C(=O)Cc2ccccc2F)CC1. The van der Waals surface area contributed by atoms with E-state index in [9.17, 15) is 14.0 Å². The van der Waals surface area contributed by atoms with Gasteiger partial charge in [0.1, 0.15) is 5.82 Å². The van der Waals surface area contributed by atoms with Crippen molar-refractivity contribution in [2.24, 2.45) is 0 Å². The van der Waals surface area contributed by atoms with Crippen LogP contribution in [0.5, 0.6) is 0 Å². The molecule has 1 N–H and O–H groups in total. The number of carbonyl (C=O) groups is 2. The summed E-state index contributed by atoms with van der Waals surface area (Å²) in [4.78, 5) is 28.0. The largest absolute Gasteiger partial charge is 0.350 e. The lowest BCUT2D eigenvalue weighted by molar-refractivity contribution is -0.132. The monoisotopic (exact) mass is 335 g/mol. The Hall–Kier alpha value is -1.95. The molecule has 1 aliphatic rings. The molecule has 0 bridgehead atoms. The Balaban J connectivity index is 1.79. The van der Waals surface area contributed by atoms with Crippen LogP contribution in [0.2, 0.25) is 0 Å². The number of hydrogen-bond acceptors (Lipinski definition) is 3. The third-order valence-corrected chi connectivity index (χ3v) is 3.91. The van der Waals surface area contributed by atoms with Gasteiger partial charge in [-0.25, -0.2) is 4.39 Å². The average molecular weight is 335 g/mol. The summed E-state index contributed by atoms with van der Waals surface area (Å²) in [5, 5.41) is 2.94. The van der Waals surface area contributed by atoms with Crippen molar-refractivity contribution in [1.82, 2.24) is 15.1 Å². The molecule has 0 saturated carbocycles. The highest BCUT2D eigenvalue weighted by Gasteiger charge is 2.24. The number of benzene rings is 1. The van der Waals surface area contributed by atoms with Gasteiger partial charge in [0.15, 0.2) is 0 Å². The Labute approximate surface area is 142 Å². The van der Waals surface area contributed by atoms with E-state index >= 15 is 0 Å². The number of nitrogens with one attached hydrogen (secondary N) is 1. The molecule has 0 aliphatic carbocycles. The van der Waals surface area contributed by atoms with Crippen molar-refractivity contribution < 1.29 is 14.0 Å². The summed E-state index contributed by atoms with van der Waals surface area (Å²) in [7, 11) is 0. The van der Waals surface area contributed by atoms with Crippen LogP contribution < -0.4 is 5.32 Å². The van der Waals surface area contributed by atoms with Crippen LogP contribution in [0, 0.1) is 5.82 Å². The highest BCUT2D eigenvalue weighted by atomic mass is 19.1. The first kappa shape index (κ1) is 18.4. The fraction of sp³-hybridized carbons (Fsp3) is 0.556. The second-order valence-corrected chi connectivity index (χ2v) is 7.22. The van der Waals surface area contributed by atoms with E-state index in [1.54, 1.807) is 23.1 Å². The van der Waals surface area contributed by atoms with Crippen LogP contribution >= 0.6 is 0 Å². The van der Waals surface area contributed by atoms with Crippen molar-refractivity contribution in [1.29, 1.82) is 0 Å². The molecule has 24 heavy (non-hydrogen) atoms. The number of amides is 2. The molecule has 1 fully saturated rings. The molecule has 1 aromatic rings. The summed E-state index contributed by atoms with van der Waals surface area (Å²) >= 11 is 0. The van der Waals surface area contributed by atoms with Gasteiger partial charge in [0, 0.05) is 31.7 Å². The van der Waals surface area contributed by atoms with E-state index in [2.05, 4.69) is 5.32 Å². The second-order valence-electron chi connectivity index (χ2n) is 7.22. The van der Waals surface area contributed by atoms with Gasteiger partial charge in [-0.05, 0) is 32.4 Å². The molecule has 1 saturated heterocycles. The Morgan fingerprint density at radius 2 is 1.75 bits per heavy atom. The molecule has 1 aromatic carbocycles. The predicted octanol–water partition coefficient (Wildman–Crippen LogP) is 1.43. The van der Waals surface area contributed by atoms with Crippen molar-refractivity contribution in [2.45, 2.75) is 32.7 Å².